The van der Waals surface area contributed by atoms with Crippen LogP contribution in [0.1, 0.15) is 6.42 Å². The van der Waals surface area contributed by atoms with Crippen molar-refractivity contribution in [2.24, 2.45) is 0 Å². The van der Waals surface area contributed by atoms with Crippen LogP contribution in [-0.4, -0.2) is 31.0 Å². The van der Waals surface area contributed by atoms with E-state index in [0.717, 1.165) is 25.4 Å². The number of hydrogen-bond acceptors (Lipinski definition) is 2. The lowest BCUT2D eigenvalue weighted by molar-refractivity contribution is 0.710. The number of halogens is 1. The second kappa shape index (κ2) is 8.60. The molecule has 0 unspecified atom stereocenters. The number of hydrogen-bond donors (Lipinski definition) is 1. The van der Waals surface area contributed by atoms with Crippen LogP contribution in [0.5, 0.6) is 0 Å². The normalized spacial score (nSPS) is 10.0. The van der Waals surface area contributed by atoms with Gasteiger partial charge in [0.1, 0.15) is 0 Å². The first-order valence-corrected chi connectivity index (χ1v) is 5.10. The van der Waals surface area contributed by atoms with Gasteiger partial charge in [0, 0.05) is 18.2 Å². The third-order valence-electron chi connectivity index (χ3n) is 0.970. The van der Waals surface area contributed by atoms with E-state index >= 15 is 0 Å². The summed E-state index contributed by atoms with van der Waals surface area (Å²) in [7, 11) is 0. The molecule has 3 heteroatoms. The van der Waals surface area contributed by atoms with Crippen molar-refractivity contribution < 1.29 is 0 Å². The van der Waals surface area contributed by atoms with Gasteiger partial charge in [-0.15, -0.1) is 11.6 Å². The molecule has 0 atom stereocenters. The van der Waals surface area contributed by atoms with Crippen LogP contribution in [-0.2, 0) is 0 Å². The standard InChI is InChI=1S/C6H14ClNS/c1-9-6-5-8-4-2-3-7/h8H,2-6H2,1H3. The molecule has 0 aliphatic heterocycles. The molecule has 0 radical (unpaired) electrons. The third-order valence-corrected chi connectivity index (χ3v) is 1.85. The fourth-order valence-electron chi connectivity index (χ4n) is 0.491. The molecule has 0 fully saturated rings. The lowest BCUT2D eigenvalue weighted by Crippen LogP contribution is -2.18. The summed E-state index contributed by atoms with van der Waals surface area (Å²) in [6.07, 6.45) is 3.19. The largest absolute Gasteiger partial charge is 0.316 e. The van der Waals surface area contributed by atoms with Gasteiger partial charge in [0.25, 0.3) is 0 Å². The molecule has 0 aromatic heterocycles. The van der Waals surface area contributed by atoms with Crippen LogP contribution in [0.25, 0.3) is 0 Å². The zero-order valence-electron chi connectivity index (χ0n) is 5.82. The summed E-state index contributed by atoms with van der Waals surface area (Å²) in [6, 6.07) is 0. The van der Waals surface area contributed by atoms with Crippen LogP contribution < -0.4 is 5.32 Å². The lowest BCUT2D eigenvalue weighted by atomic mass is 10.5. The van der Waals surface area contributed by atoms with Crippen LogP contribution in [0, 0.1) is 0 Å². The number of rotatable bonds is 6. The third kappa shape index (κ3) is 8.60. The highest BCUT2D eigenvalue weighted by Crippen LogP contribution is 1.87. The van der Waals surface area contributed by atoms with E-state index in [0.29, 0.717) is 0 Å². The molecule has 0 bridgehead atoms. The molecule has 0 spiro atoms. The van der Waals surface area contributed by atoms with E-state index < -0.39 is 0 Å². The van der Waals surface area contributed by atoms with Crippen LogP contribution in [0.4, 0.5) is 0 Å². The summed E-state index contributed by atoms with van der Waals surface area (Å²) in [6.45, 7) is 2.17. The number of nitrogens with one attached hydrogen (secondary N) is 1. The van der Waals surface area contributed by atoms with Gasteiger partial charge in [-0.1, -0.05) is 0 Å². The molecule has 0 aliphatic rings. The molecule has 0 saturated heterocycles. The van der Waals surface area contributed by atoms with Gasteiger partial charge in [-0.3, -0.25) is 0 Å². The van der Waals surface area contributed by atoms with Gasteiger partial charge in [-0.25, -0.2) is 0 Å². The van der Waals surface area contributed by atoms with Crippen molar-refractivity contribution >= 4 is 23.4 Å². The van der Waals surface area contributed by atoms with E-state index in [2.05, 4.69) is 11.6 Å². The van der Waals surface area contributed by atoms with E-state index in [9.17, 15) is 0 Å². The minimum atomic E-state index is 0.770. The first-order chi connectivity index (χ1) is 4.41. The first kappa shape index (κ1) is 9.60. The Bertz CT molecular complexity index is 46.3. The average molecular weight is 168 g/mol. The van der Waals surface area contributed by atoms with Crippen molar-refractivity contribution in [3.05, 3.63) is 0 Å². The van der Waals surface area contributed by atoms with E-state index in [1.807, 2.05) is 11.8 Å². The van der Waals surface area contributed by atoms with E-state index in [1.54, 1.807) is 0 Å². The predicted molar refractivity (Wildman–Crippen MR) is 46.6 cm³/mol. The van der Waals surface area contributed by atoms with Crippen LogP contribution in [0.3, 0.4) is 0 Å². The van der Waals surface area contributed by atoms with Gasteiger partial charge < -0.3 is 5.32 Å². The summed E-state index contributed by atoms with van der Waals surface area (Å²) < 4.78 is 0. The topological polar surface area (TPSA) is 12.0 Å². The molecule has 0 saturated carbocycles. The Balaban J connectivity index is 2.60. The summed E-state index contributed by atoms with van der Waals surface area (Å²) in [5.74, 6) is 1.97. The number of alkyl halides is 1. The van der Waals surface area contributed by atoms with Crippen molar-refractivity contribution in [3.63, 3.8) is 0 Å². The molecule has 0 aromatic rings. The maximum absolute atomic E-state index is 5.47. The van der Waals surface area contributed by atoms with Gasteiger partial charge >= 0.3 is 0 Å². The molecule has 9 heavy (non-hydrogen) atoms. The summed E-state index contributed by atoms with van der Waals surface area (Å²) in [4.78, 5) is 0. The first-order valence-electron chi connectivity index (χ1n) is 3.17. The Morgan fingerprint density at radius 1 is 1.44 bits per heavy atom. The highest BCUT2D eigenvalue weighted by atomic mass is 35.5. The number of thioether (sulfide) groups is 1. The van der Waals surface area contributed by atoms with Crippen LogP contribution >= 0.6 is 23.4 Å². The van der Waals surface area contributed by atoms with Crippen LogP contribution in [0.2, 0.25) is 0 Å². The van der Waals surface area contributed by atoms with Crippen LogP contribution in [0.15, 0.2) is 0 Å². The van der Waals surface area contributed by atoms with E-state index in [4.69, 9.17) is 11.6 Å². The fraction of sp³-hybridized carbons (Fsp3) is 1.00. The molecule has 56 valence electrons. The summed E-state index contributed by atoms with van der Waals surface area (Å²) >= 11 is 7.33. The highest BCUT2D eigenvalue weighted by molar-refractivity contribution is 7.98. The van der Waals surface area contributed by atoms with Gasteiger partial charge in [0.05, 0.1) is 0 Å². The summed E-state index contributed by atoms with van der Waals surface area (Å²) in [5.41, 5.74) is 0. The maximum Gasteiger partial charge on any atom is 0.0235 e. The SMILES string of the molecule is CSCCNCCCCl. The Morgan fingerprint density at radius 3 is 2.78 bits per heavy atom. The Morgan fingerprint density at radius 2 is 2.22 bits per heavy atom. The maximum atomic E-state index is 5.47. The lowest BCUT2D eigenvalue weighted by Gasteiger charge is -1.99. The van der Waals surface area contributed by atoms with Crippen molar-refractivity contribution in [1.82, 2.24) is 5.32 Å². The fourth-order valence-corrected chi connectivity index (χ4v) is 0.973. The molecule has 0 amide bonds. The Hall–Kier alpha value is 0.600. The smallest absolute Gasteiger partial charge is 0.0235 e. The quantitative estimate of drug-likeness (QED) is 0.476. The summed E-state index contributed by atoms with van der Waals surface area (Å²) in [5, 5.41) is 3.28. The van der Waals surface area contributed by atoms with Crippen molar-refractivity contribution in [2.75, 3.05) is 31.0 Å². The van der Waals surface area contributed by atoms with Crippen molar-refractivity contribution in [3.8, 4) is 0 Å². The van der Waals surface area contributed by atoms with E-state index in [-0.39, 0.29) is 0 Å². The van der Waals surface area contributed by atoms with E-state index in [1.165, 1.54) is 5.75 Å². The highest BCUT2D eigenvalue weighted by Gasteiger charge is 1.84. The minimum absolute atomic E-state index is 0.770. The molecule has 1 nitrogen and oxygen atoms in total. The molecular formula is C6H14ClNS. The second-order valence-electron chi connectivity index (χ2n) is 1.79. The average Bonchev–Trinajstić information content (AvgIpc) is 1.89. The second-order valence-corrected chi connectivity index (χ2v) is 3.15. The minimum Gasteiger partial charge on any atom is -0.316 e. The Labute approximate surface area is 66.5 Å². The van der Waals surface area contributed by atoms with Gasteiger partial charge in [-0.2, -0.15) is 11.8 Å². The van der Waals surface area contributed by atoms with Gasteiger partial charge in [-0.05, 0) is 19.2 Å². The van der Waals surface area contributed by atoms with Crippen molar-refractivity contribution in [1.29, 1.82) is 0 Å². The van der Waals surface area contributed by atoms with Crippen molar-refractivity contribution in [2.45, 2.75) is 6.42 Å². The Kier molecular flexibility index (Phi) is 9.17. The zero-order chi connectivity index (χ0) is 6.95. The molecule has 0 aromatic carbocycles. The molecule has 0 rings (SSSR count). The molecule has 0 aliphatic carbocycles. The molecule has 0 heterocycles. The monoisotopic (exact) mass is 167 g/mol. The predicted octanol–water partition coefficient (Wildman–Crippen LogP) is 1.57. The zero-order valence-corrected chi connectivity index (χ0v) is 7.39. The molecular weight excluding hydrogens is 154 g/mol. The van der Waals surface area contributed by atoms with Gasteiger partial charge in [0.2, 0.25) is 0 Å². The van der Waals surface area contributed by atoms with Gasteiger partial charge in [0.15, 0.2) is 0 Å². The molecule has 1 N–H and O–H groups in total.